The normalized spacial score (nSPS) is 15.1. The summed E-state index contributed by atoms with van der Waals surface area (Å²) >= 11 is 3.43. The number of alkyl halides is 1. The maximum atomic E-state index is 11.7. The zero-order valence-electron chi connectivity index (χ0n) is 10.4. The standard InChI is InChI=1S/C12H24BrNO/c1-5-12(4,8-9-13)14-11(15)7-6-10(2)3/h10H,5-9H2,1-4H3,(H,14,15). The molecule has 2 nitrogen and oxygen atoms in total. The van der Waals surface area contributed by atoms with E-state index >= 15 is 0 Å². The molecule has 90 valence electrons. The minimum Gasteiger partial charge on any atom is -0.351 e. The summed E-state index contributed by atoms with van der Waals surface area (Å²) in [5, 5.41) is 4.06. The Balaban J connectivity index is 4.01. The van der Waals surface area contributed by atoms with Crippen molar-refractivity contribution in [1.29, 1.82) is 0 Å². The van der Waals surface area contributed by atoms with Crippen molar-refractivity contribution in [3.8, 4) is 0 Å². The lowest BCUT2D eigenvalue weighted by atomic mass is 9.95. The van der Waals surface area contributed by atoms with Gasteiger partial charge in [-0.15, -0.1) is 0 Å². The molecule has 0 heterocycles. The van der Waals surface area contributed by atoms with E-state index in [0.29, 0.717) is 12.3 Å². The third kappa shape index (κ3) is 6.93. The second-order valence-corrected chi connectivity index (χ2v) is 5.63. The van der Waals surface area contributed by atoms with Crippen LogP contribution >= 0.6 is 15.9 Å². The summed E-state index contributed by atoms with van der Waals surface area (Å²) in [4.78, 5) is 11.7. The van der Waals surface area contributed by atoms with Gasteiger partial charge in [0.15, 0.2) is 0 Å². The van der Waals surface area contributed by atoms with E-state index in [1.54, 1.807) is 0 Å². The van der Waals surface area contributed by atoms with Gasteiger partial charge in [0.1, 0.15) is 0 Å². The molecule has 3 heteroatoms. The Labute approximate surface area is 102 Å². The summed E-state index contributed by atoms with van der Waals surface area (Å²) in [5.74, 6) is 0.786. The number of hydrogen-bond donors (Lipinski definition) is 1. The number of rotatable bonds is 7. The van der Waals surface area contributed by atoms with Gasteiger partial charge in [0, 0.05) is 17.3 Å². The first kappa shape index (κ1) is 14.9. The third-order valence-corrected chi connectivity index (χ3v) is 3.21. The minimum atomic E-state index is -0.0441. The average molecular weight is 278 g/mol. The van der Waals surface area contributed by atoms with E-state index in [2.05, 4.69) is 48.9 Å². The molecule has 0 aliphatic rings. The van der Waals surface area contributed by atoms with Gasteiger partial charge in [-0.1, -0.05) is 36.7 Å². The highest BCUT2D eigenvalue weighted by molar-refractivity contribution is 9.09. The molecule has 15 heavy (non-hydrogen) atoms. The van der Waals surface area contributed by atoms with Crippen molar-refractivity contribution in [2.75, 3.05) is 5.33 Å². The van der Waals surface area contributed by atoms with Gasteiger partial charge in [0.05, 0.1) is 0 Å². The van der Waals surface area contributed by atoms with Crippen LogP contribution in [0.5, 0.6) is 0 Å². The van der Waals surface area contributed by atoms with Crippen LogP contribution in [-0.2, 0) is 4.79 Å². The van der Waals surface area contributed by atoms with Gasteiger partial charge in [0.25, 0.3) is 0 Å². The largest absolute Gasteiger partial charge is 0.351 e. The lowest BCUT2D eigenvalue weighted by Gasteiger charge is -2.29. The summed E-state index contributed by atoms with van der Waals surface area (Å²) in [6.07, 6.45) is 3.58. The summed E-state index contributed by atoms with van der Waals surface area (Å²) in [6, 6.07) is 0. The van der Waals surface area contributed by atoms with Crippen molar-refractivity contribution in [2.24, 2.45) is 5.92 Å². The molecule has 0 rings (SSSR count). The molecule has 0 saturated carbocycles. The summed E-state index contributed by atoms with van der Waals surface area (Å²) in [5.41, 5.74) is -0.0441. The Morgan fingerprint density at radius 1 is 1.47 bits per heavy atom. The van der Waals surface area contributed by atoms with Crippen molar-refractivity contribution in [2.45, 2.75) is 58.9 Å². The number of hydrogen-bond acceptors (Lipinski definition) is 1. The van der Waals surface area contributed by atoms with E-state index in [9.17, 15) is 4.79 Å². The number of halogens is 1. The molecule has 0 fully saturated rings. The van der Waals surface area contributed by atoms with E-state index in [-0.39, 0.29) is 11.4 Å². The van der Waals surface area contributed by atoms with Crippen molar-refractivity contribution in [1.82, 2.24) is 5.32 Å². The van der Waals surface area contributed by atoms with E-state index in [0.717, 1.165) is 24.6 Å². The monoisotopic (exact) mass is 277 g/mol. The fraction of sp³-hybridized carbons (Fsp3) is 0.917. The van der Waals surface area contributed by atoms with Gasteiger partial charge in [-0.3, -0.25) is 4.79 Å². The number of nitrogens with one attached hydrogen (secondary N) is 1. The van der Waals surface area contributed by atoms with Crippen LogP contribution in [0.4, 0.5) is 0 Å². The first-order chi connectivity index (χ1) is 6.93. The van der Waals surface area contributed by atoms with Crippen molar-refractivity contribution in [3.05, 3.63) is 0 Å². The second-order valence-electron chi connectivity index (χ2n) is 4.83. The van der Waals surface area contributed by atoms with Crippen LogP contribution in [0.3, 0.4) is 0 Å². The van der Waals surface area contributed by atoms with Crippen LogP contribution < -0.4 is 5.32 Å². The maximum absolute atomic E-state index is 11.7. The number of amides is 1. The van der Waals surface area contributed by atoms with Gasteiger partial charge < -0.3 is 5.32 Å². The quantitative estimate of drug-likeness (QED) is 0.710. The Hall–Kier alpha value is -0.0500. The molecule has 0 aliphatic carbocycles. The molecule has 1 unspecified atom stereocenters. The lowest BCUT2D eigenvalue weighted by molar-refractivity contribution is -0.123. The summed E-state index contributed by atoms with van der Waals surface area (Å²) in [7, 11) is 0. The van der Waals surface area contributed by atoms with Crippen molar-refractivity contribution < 1.29 is 4.79 Å². The van der Waals surface area contributed by atoms with E-state index in [4.69, 9.17) is 0 Å². The van der Waals surface area contributed by atoms with Gasteiger partial charge in [-0.25, -0.2) is 0 Å². The van der Waals surface area contributed by atoms with Gasteiger partial charge >= 0.3 is 0 Å². The smallest absolute Gasteiger partial charge is 0.220 e. The average Bonchev–Trinajstić information content (AvgIpc) is 2.15. The minimum absolute atomic E-state index is 0.0441. The molecule has 0 aromatic heterocycles. The maximum Gasteiger partial charge on any atom is 0.220 e. The van der Waals surface area contributed by atoms with E-state index in [1.165, 1.54) is 0 Å². The van der Waals surface area contributed by atoms with Gasteiger partial charge in [-0.2, -0.15) is 0 Å². The van der Waals surface area contributed by atoms with Crippen LogP contribution in [0.15, 0.2) is 0 Å². The number of carbonyl (C=O) groups excluding carboxylic acids is 1. The molecule has 0 aromatic carbocycles. The molecule has 1 N–H and O–H groups in total. The third-order valence-electron chi connectivity index (χ3n) is 2.82. The highest BCUT2D eigenvalue weighted by Crippen LogP contribution is 2.16. The Bertz CT molecular complexity index is 194. The number of carbonyl (C=O) groups is 1. The predicted octanol–water partition coefficient (Wildman–Crippen LogP) is 3.49. The van der Waals surface area contributed by atoms with Gasteiger partial charge in [-0.05, 0) is 32.1 Å². The summed E-state index contributed by atoms with van der Waals surface area (Å²) in [6.45, 7) is 8.52. The molecule has 0 bridgehead atoms. The van der Waals surface area contributed by atoms with Crippen LogP contribution in [0.2, 0.25) is 0 Å². The van der Waals surface area contributed by atoms with Gasteiger partial charge in [0.2, 0.25) is 5.91 Å². The Morgan fingerprint density at radius 3 is 2.47 bits per heavy atom. The van der Waals surface area contributed by atoms with Crippen LogP contribution in [0.1, 0.15) is 53.4 Å². The fourth-order valence-corrected chi connectivity index (χ4v) is 2.23. The lowest BCUT2D eigenvalue weighted by Crippen LogP contribution is -2.45. The molecular formula is C12H24BrNO. The van der Waals surface area contributed by atoms with Crippen LogP contribution in [0, 0.1) is 5.92 Å². The SMILES string of the molecule is CCC(C)(CCBr)NC(=O)CCC(C)C. The highest BCUT2D eigenvalue weighted by Gasteiger charge is 2.22. The molecule has 0 radical (unpaired) electrons. The van der Waals surface area contributed by atoms with Crippen LogP contribution in [-0.4, -0.2) is 16.8 Å². The zero-order valence-corrected chi connectivity index (χ0v) is 12.0. The molecule has 1 atom stereocenters. The molecule has 0 aromatic rings. The Kier molecular flexibility index (Phi) is 7.24. The molecule has 0 saturated heterocycles. The molecule has 0 spiro atoms. The van der Waals surface area contributed by atoms with E-state index < -0.39 is 0 Å². The van der Waals surface area contributed by atoms with E-state index in [1.807, 2.05) is 0 Å². The molecule has 0 aliphatic heterocycles. The van der Waals surface area contributed by atoms with Crippen molar-refractivity contribution >= 4 is 21.8 Å². The Morgan fingerprint density at radius 2 is 2.07 bits per heavy atom. The molecular weight excluding hydrogens is 254 g/mol. The summed E-state index contributed by atoms with van der Waals surface area (Å²) < 4.78 is 0. The fourth-order valence-electron chi connectivity index (χ4n) is 1.36. The highest BCUT2D eigenvalue weighted by atomic mass is 79.9. The van der Waals surface area contributed by atoms with Crippen molar-refractivity contribution in [3.63, 3.8) is 0 Å². The zero-order chi connectivity index (χ0) is 11.9. The topological polar surface area (TPSA) is 29.1 Å². The molecule has 1 amide bonds. The first-order valence-corrected chi connectivity index (χ1v) is 6.92. The second kappa shape index (κ2) is 7.26. The van der Waals surface area contributed by atoms with Crippen LogP contribution in [0.25, 0.3) is 0 Å². The predicted molar refractivity (Wildman–Crippen MR) is 69.3 cm³/mol. The first-order valence-electron chi connectivity index (χ1n) is 5.80.